The Morgan fingerprint density at radius 2 is 2.12 bits per heavy atom. The molecule has 4 heteroatoms. The van der Waals surface area contributed by atoms with Crippen LogP contribution in [0, 0.1) is 6.92 Å². The van der Waals surface area contributed by atoms with Crippen molar-refractivity contribution in [2.24, 2.45) is 0 Å². The van der Waals surface area contributed by atoms with Gasteiger partial charge in [0.2, 0.25) is 0 Å². The van der Waals surface area contributed by atoms with Gasteiger partial charge < -0.3 is 9.84 Å². The van der Waals surface area contributed by atoms with E-state index in [2.05, 4.69) is 0 Å². The number of ether oxygens (including phenoxy) is 1. The topological polar surface area (TPSA) is 46.5 Å². The maximum Gasteiger partial charge on any atom is 0.336 e. The Bertz CT molecular complexity index is 558. The molecule has 88 valence electrons. The first-order chi connectivity index (χ1) is 8.11. The molecule has 2 rings (SSSR count). The highest BCUT2D eigenvalue weighted by molar-refractivity contribution is 7.13. The highest BCUT2D eigenvalue weighted by Gasteiger charge is 2.10. The van der Waals surface area contributed by atoms with Gasteiger partial charge in [-0.15, -0.1) is 11.3 Å². The second-order valence-corrected chi connectivity index (χ2v) is 4.60. The fourth-order valence-corrected chi connectivity index (χ4v) is 2.60. The van der Waals surface area contributed by atoms with Gasteiger partial charge in [-0.05, 0) is 42.3 Å². The van der Waals surface area contributed by atoms with E-state index in [1.54, 1.807) is 18.6 Å². The lowest BCUT2D eigenvalue weighted by molar-refractivity contribution is 0.0697. The first-order valence-corrected chi connectivity index (χ1v) is 5.96. The molecular weight excluding hydrogens is 236 g/mol. The summed E-state index contributed by atoms with van der Waals surface area (Å²) in [4.78, 5) is 11.8. The molecule has 0 aliphatic carbocycles. The second-order valence-electron chi connectivity index (χ2n) is 3.69. The van der Waals surface area contributed by atoms with Crippen LogP contribution in [0.25, 0.3) is 10.4 Å². The predicted molar refractivity (Wildman–Crippen MR) is 68.0 cm³/mol. The minimum absolute atomic E-state index is 0.334. The third-order valence-corrected chi connectivity index (χ3v) is 3.51. The Morgan fingerprint density at radius 1 is 1.35 bits per heavy atom. The average molecular weight is 248 g/mol. The zero-order chi connectivity index (χ0) is 12.4. The van der Waals surface area contributed by atoms with Gasteiger partial charge in [0.05, 0.1) is 12.7 Å². The molecule has 1 aromatic heterocycles. The number of aromatic carboxylic acids is 1. The van der Waals surface area contributed by atoms with E-state index in [0.29, 0.717) is 5.56 Å². The number of carbonyl (C=O) groups is 1. The molecule has 0 spiro atoms. The number of hydrogen-bond acceptors (Lipinski definition) is 3. The number of rotatable bonds is 3. The van der Waals surface area contributed by atoms with E-state index in [1.165, 1.54) is 11.3 Å². The van der Waals surface area contributed by atoms with E-state index >= 15 is 0 Å². The van der Waals surface area contributed by atoms with E-state index in [-0.39, 0.29) is 0 Å². The Hall–Kier alpha value is -1.81. The van der Waals surface area contributed by atoms with E-state index in [0.717, 1.165) is 21.8 Å². The molecule has 0 bridgehead atoms. The average Bonchev–Trinajstić information content (AvgIpc) is 2.78. The molecule has 0 saturated carbocycles. The molecule has 3 nitrogen and oxygen atoms in total. The van der Waals surface area contributed by atoms with E-state index in [9.17, 15) is 4.79 Å². The van der Waals surface area contributed by atoms with Crippen molar-refractivity contribution in [2.75, 3.05) is 7.11 Å². The predicted octanol–water partition coefficient (Wildman–Crippen LogP) is 3.43. The third-order valence-electron chi connectivity index (χ3n) is 2.55. The summed E-state index contributed by atoms with van der Waals surface area (Å²) in [6, 6.07) is 7.46. The molecule has 1 N–H and O–H groups in total. The molecule has 0 aliphatic rings. The lowest BCUT2D eigenvalue weighted by atomic mass is 10.1. The van der Waals surface area contributed by atoms with Crippen molar-refractivity contribution in [1.82, 2.24) is 0 Å². The summed E-state index contributed by atoms with van der Waals surface area (Å²) < 4.78 is 5.14. The minimum Gasteiger partial charge on any atom is -0.497 e. The summed E-state index contributed by atoms with van der Waals surface area (Å²) in [5.74, 6) is -0.0834. The fraction of sp³-hybridized carbons (Fsp3) is 0.154. The van der Waals surface area contributed by atoms with Crippen molar-refractivity contribution < 1.29 is 14.6 Å². The SMILES string of the molecule is COc1ccc(-c2cc(C(=O)O)cs2)c(C)c1. The van der Waals surface area contributed by atoms with Crippen molar-refractivity contribution >= 4 is 17.3 Å². The fourth-order valence-electron chi connectivity index (χ4n) is 1.63. The van der Waals surface area contributed by atoms with Crippen LogP contribution in [-0.4, -0.2) is 18.2 Å². The highest BCUT2D eigenvalue weighted by Crippen LogP contribution is 2.31. The molecule has 0 aliphatic heterocycles. The lowest BCUT2D eigenvalue weighted by Crippen LogP contribution is -1.91. The van der Waals surface area contributed by atoms with Crippen LogP contribution in [0.3, 0.4) is 0 Å². The molecule has 17 heavy (non-hydrogen) atoms. The van der Waals surface area contributed by atoms with Crippen molar-refractivity contribution in [3.63, 3.8) is 0 Å². The number of methoxy groups -OCH3 is 1. The number of thiophene rings is 1. The summed E-state index contributed by atoms with van der Waals surface area (Å²) in [6.45, 7) is 1.98. The highest BCUT2D eigenvalue weighted by atomic mass is 32.1. The quantitative estimate of drug-likeness (QED) is 0.905. The van der Waals surface area contributed by atoms with Crippen molar-refractivity contribution in [2.45, 2.75) is 6.92 Å². The van der Waals surface area contributed by atoms with Crippen molar-refractivity contribution in [3.8, 4) is 16.2 Å². The summed E-state index contributed by atoms with van der Waals surface area (Å²) in [5, 5.41) is 10.5. The van der Waals surface area contributed by atoms with Crippen molar-refractivity contribution in [3.05, 3.63) is 40.8 Å². The van der Waals surface area contributed by atoms with Gasteiger partial charge in [0.1, 0.15) is 5.75 Å². The summed E-state index contributed by atoms with van der Waals surface area (Å²) in [7, 11) is 1.63. The Balaban J connectivity index is 2.42. The van der Waals surface area contributed by atoms with Gasteiger partial charge in [-0.3, -0.25) is 0 Å². The number of aryl methyl sites for hydroxylation is 1. The van der Waals surface area contributed by atoms with Gasteiger partial charge in [0, 0.05) is 10.3 Å². The summed E-state index contributed by atoms with van der Waals surface area (Å²) in [6.07, 6.45) is 0. The molecule has 2 aromatic rings. The van der Waals surface area contributed by atoms with Gasteiger partial charge >= 0.3 is 5.97 Å². The van der Waals surface area contributed by atoms with Crippen LogP contribution < -0.4 is 4.74 Å². The lowest BCUT2D eigenvalue weighted by Gasteiger charge is -2.05. The summed E-state index contributed by atoms with van der Waals surface area (Å²) >= 11 is 1.44. The number of benzene rings is 1. The Kier molecular flexibility index (Phi) is 3.15. The van der Waals surface area contributed by atoms with Gasteiger partial charge in [-0.2, -0.15) is 0 Å². The molecular formula is C13H12O3S. The molecule has 0 saturated heterocycles. The molecule has 0 radical (unpaired) electrons. The van der Waals surface area contributed by atoms with E-state index < -0.39 is 5.97 Å². The number of hydrogen-bond donors (Lipinski definition) is 1. The first kappa shape index (κ1) is 11.7. The standard InChI is InChI=1S/C13H12O3S/c1-8-5-10(16-2)3-4-11(8)12-6-9(7-17-12)13(14)15/h3-7H,1-2H3,(H,14,15). The molecule has 1 heterocycles. The molecule has 0 amide bonds. The Labute approximate surface area is 103 Å². The zero-order valence-electron chi connectivity index (χ0n) is 9.56. The minimum atomic E-state index is -0.890. The van der Waals surface area contributed by atoms with Crippen LogP contribution >= 0.6 is 11.3 Å². The Morgan fingerprint density at radius 3 is 2.65 bits per heavy atom. The van der Waals surface area contributed by atoms with E-state index in [4.69, 9.17) is 9.84 Å². The van der Waals surface area contributed by atoms with Crippen LogP contribution in [0.1, 0.15) is 15.9 Å². The zero-order valence-corrected chi connectivity index (χ0v) is 10.4. The van der Waals surface area contributed by atoms with Crippen LogP contribution in [0.2, 0.25) is 0 Å². The van der Waals surface area contributed by atoms with Crippen LogP contribution in [0.5, 0.6) is 5.75 Å². The smallest absolute Gasteiger partial charge is 0.336 e. The van der Waals surface area contributed by atoms with Gasteiger partial charge in [-0.25, -0.2) is 4.79 Å². The van der Waals surface area contributed by atoms with Crippen LogP contribution in [-0.2, 0) is 0 Å². The van der Waals surface area contributed by atoms with Crippen LogP contribution in [0.4, 0.5) is 0 Å². The molecule has 1 aromatic carbocycles. The van der Waals surface area contributed by atoms with Crippen LogP contribution in [0.15, 0.2) is 29.6 Å². The summed E-state index contributed by atoms with van der Waals surface area (Å²) in [5.41, 5.74) is 2.45. The normalized spacial score (nSPS) is 10.2. The first-order valence-electron chi connectivity index (χ1n) is 5.08. The maximum atomic E-state index is 10.8. The van der Waals surface area contributed by atoms with Gasteiger partial charge in [0.25, 0.3) is 0 Å². The third kappa shape index (κ3) is 2.31. The second kappa shape index (κ2) is 4.59. The molecule has 0 atom stereocenters. The monoisotopic (exact) mass is 248 g/mol. The molecule has 0 fully saturated rings. The van der Waals surface area contributed by atoms with Crippen molar-refractivity contribution in [1.29, 1.82) is 0 Å². The van der Waals surface area contributed by atoms with Gasteiger partial charge in [0.15, 0.2) is 0 Å². The van der Waals surface area contributed by atoms with E-state index in [1.807, 2.05) is 25.1 Å². The number of carboxylic acid groups (broad SMARTS) is 1. The molecule has 0 unspecified atom stereocenters. The largest absolute Gasteiger partial charge is 0.497 e. The number of carboxylic acids is 1. The van der Waals surface area contributed by atoms with Gasteiger partial charge in [-0.1, -0.05) is 0 Å². The maximum absolute atomic E-state index is 10.8.